The van der Waals surface area contributed by atoms with Crippen LogP contribution in [-0.2, 0) is 12.8 Å². The third kappa shape index (κ3) is 1.25. The van der Waals surface area contributed by atoms with E-state index >= 15 is 0 Å². The molecule has 0 bridgehead atoms. The number of rotatable bonds is 1. The Kier molecular flexibility index (Phi) is 1.89. The minimum Gasteiger partial charge on any atom is -0.396 e. The van der Waals surface area contributed by atoms with Crippen molar-refractivity contribution in [3.05, 3.63) is 34.9 Å². The predicted molar refractivity (Wildman–Crippen MR) is 49.2 cm³/mol. The van der Waals surface area contributed by atoms with Gasteiger partial charge in [-0.25, -0.2) is 0 Å². The summed E-state index contributed by atoms with van der Waals surface area (Å²) in [6.45, 7) is 2.44. The van der Waals surface area contributed by atoms with E-state index < -0.39 is 0 Å². The molecule has 1 N–H and O–H groups in total. The number of hydrogen-bond acceptors (Lipinski definition) is 1. The topological polar surface area (TPSA) is 20.2 Å². The fourth-order valence-electron chi connectivity index (χ4n) is 1.97. The van der Waals surface area contributed by atoms with Gasteiger partial charge in [-0.1, -0.05) is 23.8 Å². The lowest BCUT2D eigenvalue weighted by molar-refractivity contribution is 0.232. The van der Waals surface area contributed by atoms with Crippen LogP contribution < -0.4 is 0 Å². The molecule has 1 aliphatic carbocycles. The lowest BCUT2D eigenvalue weighted by Gasteiger charge is -2.00. The maximum Gasteiger partial charge on any atom is 0.0465 e. The molecule has 0 saturated heterocycles. The van der Waals surface area contributed by atoms with Crippen molar-refractivity contribution in [2.75, 3.05) is 6.61 Å². The van der Waals surface area contributed by atoms with Crippen LogP contribution in [0.2, 0.25) is 0 Å². The Morgan fingerprint density at radius 2 is 2.08 bits per heavy atom. The Morgan fingerprint density at radius 1 is 1.33 bits per heavy atom. The first-order chi connectivity index (χ1) is 5.79. The van der Waals surface area contributed by atoms with Crippen molar-refractivity contribution in [1.29, 1.82) is 0 Å². The highest BCUT2D eigenvalue weighted by molar-refractivity contribution is 5.35. The van der Waals surface area contributed by atoms with Crippen LogP contribution in [0.15, 0.2) is 18.2 Å². The molecule has 1 atom stereocenters. The van der Waals surface area contributed by atoms with Gasteiger partial charge in [0.05, 0.1) is 0 Å². The molecule has 0 fully saturated rings. The molecule has 0 aliphatic heterocycles. The highest BCUT2D eigenvalue weighted by atomic mass is 16.3. The second kappa shape index (κ2) is 2.91. The molecule has 1 aliphatic rings. The molecule has 1 nitrogen and oxygen atoms in total. The molecular weight excluding hydrogens is 148 g/mol. The minimum atomic E-state index is 0.327. The van der Waals surface area contributed by atoms with Crippen LogP contribution in [-0.4, -0.2) is 11.7 Å². The minimum absolute atomic E-state index is 0.327. The molecule has 0 radical (unpaired) electrons. The van der Waals surface area contributed by atoms with Gasteiger partial charge in [-0.15, -0.1) is 0 Å². The number of benzene rings is 1. The summed E-state index contributed by atoms with van der Waals surface area (Å²) in [5, 5.41) is 9.01. The van der Waals surface area contributed by atoms with E-state index in [1.165, 1.54) is 16.7 Å². The third-order valence-corrected chi connectivity index (χ3v) is 2.64. The lowest BCUT2D eigenvalue weighted by atomic mass is 10.1. The first kappa shape index (κ1) is 7.81. The third-order valence-electron chi connectivity index (χ3n) is 2.64. The van der Waals surface area contributed by atoms with E-state index in [4.69, 9.17) is 5.11 Å². The van der Waals surface area contributed by atoms with Gasteiger partial charge in [-0.3, -0.25) is 0 Å². The molecule has 12 heavy (non-hydrogen) atoms. The molecule has 1 aromatic rings. The number of aryl methyl sites for hydroxylation is 1. The van der Waals surface area contributed by atoms with Gasteiger partial charge >= 0.3 is 0 Å². The van der Waals surface area contributed by atoms with Crippen molar-refractivity contribution < 1.29 is 5.11 Å². The Balaban J connectivity index is 2.30. The fraction of sp³-hybridized carbons (Fsp3) is 0.455. The second-order valence-electron chi connectivity index (χ2n) is 3.73. The fourth-order valence-corrected chi connectivity index (χ4v) is 1.97. The van der Waals surface area contributed by atoms with E-state index in [9.17, 15) is 0 Å². The van der Waals surface area contributed by atoms with E-state index in [0.29, 0.717) is 12.5 Å². The first-order valence-corrected chi connectivity index (χ1v) is 4.49. The highest BCUT2D eigenvalue weighted by Gasteiger charge is 2.19. The zero-order valence-corrected chi connectivity index (χ0v) is 7.38. The van der Waals surface area contributed by atoms with Crippen LogP contribution in [0.5, 0.6) is 0 Å². The van der Waals surface area contributed by atoms with Crippen molar-refractivity contribution in [2.24, 2.45) is 5.92 Å². The molecule has 64 valence electrons. The van der Waals surface area contributed by atoms with Crippen LogP contribution in [0.4, 0.5) is 0 Å². The average Bonchev–Trinajstić information content (AvgIpc) is 2.46. The Hall–Kier alpha value is -0.820. The summed E-state index contributed by atoms with van der Waals surface area (Å²) in [5.41, 5.74) is 4.20. The molecular formula is C11H14O. The lowest BCUT2D eigenvalue weighted by Crippen LogP contribution is -2.04. The molecule has 2 rings (SSSR count). The van der Waals surface area contributed by atoms with E-state index in [2.05, 4.69) is 25.1 Å². The number of aliphatic hydroxyl groups excluding tert-OH is 1. The van der Waals surface area contributed by atoms with E-state index in [1.54, 1.807) is 0 Å². The first-order valence-electron chi connectivity index (χ1n) is 4.49. The zero-order chi connectivity index (χ0) is 8.55. The van der Waals surface area contributed by atoms with Crippen molar-refractivity contribution in [3.63, 3.8) is 0 Å². The largest absolute Gasteiger partial charge is 0.396 e. The molecule has 1 aromatic carbocycles. The van der Waals surface area contributed by atoms with Crippen molar-refractivity contribution in [1.82, 2.24) is 0 Å². The highest BCUT2D eigenvalue weighted by Crippen LogP contribution is 2.26. The van der Waals surface area contributed by atoms with Gasteiger partial charge < -0.3 is 5.11 Å². The van der Waals surface area contributed by atoms with Gasteiger partial charge in [0.25, 0.3) is 0 Å². The monoisotopic (exact) mass is 162 g/mol. The van der Waals surface area contributed by atoms with Gasteiger partial charge in [0.2, 0.25) is 0 Å². The van der Waals surface area contributed by atoms with Gasteiger partial charge in [0.1, 0.15) is 0 Å². The van der Waals surface area contributed by atoms with Gasteiger partial charge in [-0.05, 0) is 36.8 Å². The molecule has 0 unspecified atom stereocenters. The smallest absolute Gasteiger partial charge is 0.0465 e. The molecule has 0 spiro atoms. The van der Waals surface area contributed by atoms with Crippen LogP contribution in [0.1, 0.15) is 16.7 Å². The quantitative estimate of drug-likeness (QED) is 0.666. The van der Waals surface area contributed by atoms with Gasteiger partial charge in [0, 0.05) is 6.61 Å². The standard InChI is InChI=1S/C11H14O/c1-8-2-3-10-5-9(7-12)6-11(10)4-8/h2-4,9,12H,5-7H2,1H3/t9-/m0/s1. The van der Waals surface area contributed by atoms with Crippen molar-refractivity contribution in [2.45, 2.75) is 19.8 Å². The van der Waals surface area contributed by atoms with E-state index in [1.807, 2.05) is 0 Å². The Bertz CT molecular complexity index is 291. The average molecular weight is 162 g/mol. The number of aliphatic hydroxyl groups is 1. The maximum atomic E-state index is 9.01. The summed E-state index contributed by atoms with van der Waals surface area (Å²) in [6, 6.07) is 6.59. The van der Waals surface area contributed by atoms with E-state index in [-0.39, 0.29) is 0 Å². The van der Waals surface area contributed by atoms with Crippen LogP contribution >= 0.6 is 0 Å². The molecule has 1 heteroatoms. The summed E-state index contributed by atoms with van der Waals surface area (Å²) in [7, 11) is 0. The molecule has 0 aromatic heterocycles. The second-order valence-corrected chi connectivity index (χ2v) is 3.73. The van der Waals surface area contributed by atoms with Crippen molar-refractivity contribution in [3.8, 4) is 0 Å². The molecule has 0 heterocycles. The Morgan fingerprint density at radius 3 is 2.83 bits per heavy atom. The maximum absolute atomic E-state index is 9.01. The normalized spacial score (nSPS) is 21.0. The predicted octanol–water partition coefficient (Wildman–Crippen LogP) is 1.70. The van der Waals surface area contributed by atoms with Crippen LogP contribution in [0.3, 0.4) is 0 Å². The summed E-state index contributed by atoms with van der Waals surface area (Å²) < 4.78 is 0. The molecule has 0 saturated carbocycles. The van der Waals surface area contributed by atoms with Gasteiger partial charge in [0.15, 0.2) is 0 Å². The summed E-state index contributed by atoms with van der Waals surface area (Å²) in [6.07, 6.45) is 2.12. The zero-order valence-electron chi connectivity index (χ0n) is 7.38. The summed E-state index contributed by atoms with van der Waals surface area (Å²) >= 11 is 0. The SMILES string of the molecule is Cc1ccc2c(c1)C[C@@H](CO)C2. The van der Waals surface area contributed by atoms with Crippen LogP contribution in [0.25, 0.3) is 0 Å². The number of fused-ring (bicyclic) bond motifs is 1. The summed E-state index contributed by atoms with van der Waals surface area (Å²) in [5.74, 6) is 0.474. The van der Waals surface area contributed by atoms with Gasteiger partial charge in [-0.2, -0.15) is 0 Å². The van der Waals surface area contributed by atoms with Crippen LogP contribution in [0, 0.1) is 12.8 Å². The molecule has 0 amide bonds. The van der Waals surface area contributed by atoms with Crippen molar-refractivity contribution >= 4 is 0 Å². The summed E-state index contributed by atoms with van der Waals surface area (Å²) in [4.78, 5) is 0. The Labute approximate surface area is 73.0 Å². The number of hydrogen-bond donors (Lipinski definition) is 1. The van der Waals surface area contributed by atoms with E-state index in [0.717, 1.165) is 12.8 Å².